The maximum atomic E-state index is 13.4. The van der Waals surface area contributed by atoms with Crippen molar-refractivity contribution in [3.63, 3.8) is 0 Å². The van der Waals surface area contributed by atoms with Crippen molar-refractivity contribution in [2.45, 2.75) is 58.1 Å². The van der Waals surface area contributed by atoms with Crippen LogP contribution in [0.15, 0.2) is 28.8 Å². The predicted octanol–water partition coefficient (Wildman–Crippen LogP) is 4.33. The van der Waals surface area contributed by atoms with Crippen LogP contribution >= 0.6 is 0 Å². The molecule has 140 valence electrons. The molecule has 1 atom stereocenters. The minimum Gasteiger partial charge on any atom is -0.385 e. The van der Waals surface area contributed by atoms with Crippen molar-refractivity contribution in [1.29, 1.82) is 0 Å². The zero-order chi connectivity index (χ0) is 18.7. The number of aliphatic hydroxyl groups is 1. The highest BCUT2D eigenvalue weighted by molar-refractivity contribution is 6.01. The predicted molar refractivity (Wildman–Crippen MR) is 96.1 cm³/mol. The van der Waals surface area contributed by atoms with Gasteiger partial charge in [-0.05, 0) is 51.0 Å². The van der Waals surface area contributed by atoms with E-state index in [0.29, 0.717) is 17.8 Å². The highest BCUT2D eigenvalue weighted by Gasteiger charge is 2.32. The molecule has 26 heavy (non-hydrogen) atoms. The summed E-state index contributed by atoms with van der Waals surface area (Å²) in [6.45, 7) is 4.08. The highest BCUT2D eigenvalue weighted by Crippen LogP contribution is 2.32. The minimum absolute atomic E-state index is 0.156. The van der Waals surface area contributed by atoms with Gasteiger partial charge in [0.25, 0.3) is 5.91 Å². The van der Waals surface area contributed by atoms with Gasteiger partial charge in [-0.1, -0.05) is 24.4 Å². The second-order valence-electron chi connectivity index (χ2n) is 6.84. The molecule has 2 aromatic rings. The van der Waals surface area contributed by atoms with Crippen LogP contribution in [0.1, 0.15) is 68.2 Å². The largest absolute Gasteiger partial charge is 0.385 e. The second-order valence-corrected chi connectivity index (χ2v) is 6.84. The van der Waals surface area contributed by atoms with Gasteiger partial charge in [0.05, 0.1) is 0 Å². The maximum absolute atomic E-state index is 13.4. The van der Waals surface area contributed by atoms with Gasteiger partial charge in [-0.15, -0.1) is 0 Å². The molecule has 6 heteroatoms. The molecular formula is C20H25FN2O3. The van der Waals surface area contributed by atoms with Crippen molar-refractivity contribution in [2.75, 3.05) is 6.54 Å². The Balaban J connectivity index is 2.02. The number of hydrogen-bond acceptors (Lipinski definition) is 4. The van der Waals surface area contributed by atoms with Crippen LogP contribution in [-0.4, -0.2) is 33.7 Å². The Hall–Kier alpha value is -2.21. The molecule has 0 saturated heterocycles. The zero-order valence-electron chi connectivity index (χ0n) is 15.2. The van der Waals surface area contributed by atoms with Gasteiger partial charge in [0.2, 0.25) is 0 Å². The van der Waals surface area contributed by atoms with Gasteiger partial charge in [-0.2, -0.15) is 0 Å². The van der Waals surface area contributed by atoms with Crippen LogP contribution in [0.3, 0.4) is 0 Å². The van der Waals surface area contributed by atoms with Gasteiger partial charge in [-0.3, -0.25) is 4.79 Å². The molecule has 1 aliphatic carbocycles. The van der Waals surface area contributed by atoms with Gasteiger partial charge in [0.1, 0.15) is 23.2 Å². The fourth-order valence-corrected chi connectivity index (χ4v) is 3.70. The number of carbonyl (C=O) groups excluding carboxylic acids is 1. The van der Waals surface area contributed by atoms with E-state index in [4.69, 9.17) is 4.52 Å². The van der Waals surface area contributed by atoms with Crippen molar-refractivity contribution in [2.24, 2.45) is 0 Å². The summed E-state index contributed by atoms with van der Waals surface area (Å²) in [7, 11) is 0. The first-order chi connectivity index (χ1) is 12.5. The molecule has 0 bridgehead atoms. The molecule has 1 fully saturated rings. The fraction of sp³-hybridized carbons (Fsp3) is 0.500. The van der Waals surface area contributed by atoms with E-state index in [0.717, 1.165) is 25.7 Å². The van der Waals surface area contributed by atoms with Gasteiger partial charge < -0.3 is 14.5 Å². The highest BCUT2D eigenvalue weighted by atomic mass is 19.1. The Morgan fingerprint density at radius 1 is 1.31 bits per heavy atom. The van der Waals surface area contributed by atoms with Crippen LogP contribution in [0.4, 0.5) is 4.39 Å². The number of hydrogen-bond donors (Lipinski definition) is 1. The number of benzene rings is 1. The molecule has 1 aromatic carbocycles. The van der Waals surface area contributed by atoms with Gasteiger partial charge in [0.15, 0.2) is 5.76 Å². The normalized spacial score (nSPS) is 16.5. The Bertz CT molecular complexity index is 749. The number of rotatable bonds is 5. The van der Waals surface area contributed by atoms with Crippen LogP contribution in [0.5, 0.6) is 0 Å². The summed E-state index contributed by atoms with van der Waals surface area (Å²) in [6.07, 6.45) is 4.45. The number of halogens is 1. The first kappa shape index (κ1) is 18.6. The van der Waals surface area contributed by atoms with Crippen molar-refractivity contribution >= 4 is 5.91 Å². The first-order valence-corrected chi connectivity index (χ1v) is 9.27. The molecule has 0 unspecified atom stereocenters. The summed E-state index contributed by atoms with van der Waals surface area (Å²) < 4.78 is 18.6. The first-order valence-electron chi connectivity index (χ1n) is 9.27. The monoisotopic (exact) mass is 360 g/mol. The van der Waals surface area contributed by atoms with E-state index in [-0.39, 0.29) is 29.1 Å². The van der Waals surface area contributed by atoms with Crippen LogP contribution in [0, 0.1) is 5.82 Å². The number of aromatic nitrogens is 1. The van der Waals surface area contributed by atoms with Crippen molar-refractivity contribution < 1.29 is 18.8 Å². The van der Waals surface area contributed by atoms with Gasteiger partial charge >= 0.3 is 0 Å². The van der Waals surface area contributed by atoms with Crippen LogP contribution in [0.2, 0.25) is 0 Å². The summed E-state index contributed by atoms with van der Waals surface area (Å²) in [4.78, 5) is 15.2. The van der Waals surface area contributed by atoms with Crippen molar-refractivity contribution in [3.05, 3.63) is 41.4 Å². The molecule has 1 aliphatic rings. The molecule has 0 spiro atoms. The van der Waals surface area contributed by atoms with E-state index in [1.165, 1.54) is 18.6 Å². The molecule has 3 rings (SSSR count). The quantitative estimate of drug-likeness (QED) is 0.862. The molecule has 1 N–H and O–H groups in total. The molecular weight excluding hydrogens is 335 g/mol. The van der Waals surface area contributed by atoms with Crippen LogP contribution in [0.25, 0.3) is 11.3 Å². The topological polar surface area (TPSA) is 66.6 Å². The summed E-state index contributed by atoms with van der Waals surface area (Å²) in [5, 5.41) is 14.1. The van der Waals surface area contributed by atoms with Crippen LogP contribution < -0.4 is 0 Å². The van der Waals surface area contributed by atoms with E-state index >= 15 is 0 Å². The third-order valence-electron chi connectivity index (χ3n) is 5.05. The molecule has 0 aliphatic heterocycles. The van der Waals surface area contributed by atoms with Crippen LogP contribution in [-0.2, 0) is 0 Å². The number of amides is 1. The van der Waals surface area contributed by atoms with Crippen molar-refractivity contribution in [1.82, 2.24) is 10.1 Å². The molecule has 5 nitrogen and oxygen atoms in total. The number of carbonyl (C=O) groups is 1. The van der Waals surface area contributed by atoms with E-state index in [1.54, 1.807) is 19.1 Å². The summed E-state index contributed by atoms with van der Waals surface area (Å²) in [5.74, 6) is -0.391. The summed E-state index contributed by atoms with van der Waals surface area (Å²) >= 11 is 0. The van der Waals surface area contributed by atoms with Gasteiger partial charge in [-0.25, -0.2) is 4.39 Å². The maximum Gasteiger partial charge on any atom is 0.260 e. The van der Waals surface area contributed by atoms with E-state index in [2.05, 4.69) is 5.16 Å². The van der Waals surface area contributed by atoms with E-state index in [1.807, 2.05) is 11.8 Å². The fourth-order valence-electron chi connectivity index (χ4n) is 3.70. The average molecular weight is 360 g/mol. The van der Waals surface area contributed by atoms with Gasteiger partial charge in [0, 0.05) is 18.2 Å². The molecule has 1 amide bonds. The SMILES string of the molecule is CCN(C(=O)c1c(-c2ccc(F)cc2)noc1[C@H](C)O)C1CCCCC1. The lowest BCUT2D eigenvalue weighted by Crippen LogP contribution is -2.41. The average Bonchev–Trinajstić information content (AvgIpc) is 3.09. The number of nitrogens with zero attached hydrogens (tertiary/aromatic N) is 2. The Kier molecular flexibility index (Phi) is 5.71. The lowest BCUT2D eigenvalue weighted by Gasteiger charge is -2.33. The summed E-state index contributed by atoms with van der Waals surface area (Å²) in [6, 6.07) is 5.95. The smallest absolute Gasteiger partial charge is 0.260 e. The third kappa shape index (κ3) is 3.65. The standard InChI is InChI=1S/C20H25FN2O3/c1-3-23(16-7-5-4-6-8-16)20(25)17-18(22-26-19(17)13(2)24)14-9-11-15(21)12-10-14/h9-13,16,24H,3-8H2,1-2H3/t13-/m0/s1. The Labute approximate surface area is 152 Å². The lowest BCUT2D eigenvalue weighted by molar-refractivity contribution is 0.0637. The van der Waals surface area contributed by atoms with Crippen molar-refractivity contribution in [3.8, 4) is 11.3 Å². The minimum atomic E-state index is -0.958. The zero-order valence-corrected chi connectivity index (χ0v) is 15.2. The third-order valence-corrected chi connectivity index (χ3v) is 5.05. The van der Waals surface area contributed by atoms with E-state index in [9.17, 15) is 14.3 Å². The summed E-state index contributed by atoms with van der Waals surface area (Å²) in [5.41, 5.74) is 1.21. The number of aliphatic hydroxyl groups excluding tert-OH is 1. The molecule has 0 radical (unpaired) electrons. The molecule has 1 saturated carbocycles. The van der Waals surface area contributed by atoms with E-state index < -0.39 is 6.10 Å². The lowest BCUT2D eigenvalue weighted by atomic mass is 9.93. The second kappa shape index (κ2) is 7.99. The molecule has 1 heterocycles. The molecule has 1 aromatic heterocycles. The Morgan fingerprint density at radius 2 is 1.96 bits per heavy atom. The Morgan fingerprint density at radius 3 is 2.54 bits per heavy atom.